The zero-order valence-electron chi connectivity index (χ0n) is 11.9. The van der Waals surface area contributed by atoms with Gasteiger partial charge in [0.25, 0.3) is 0 Å². The first-order chi connectivity index (χ1) is 9.65. The lowest BCUT2D eigenvalue weighted by Crippen LogP contribution is -2.41. The van der Waals surface area contributed by atoms with Crippen molar-refractivity contribution in [2.45, 2.75) is 19.4 Å². The van der Waals surface area contributed by atoms with Crippen LogP contribution < -0.4 is 10.5 Å². The first-order valence-corrected chi connectivity index (χ1v) is 7.42. The molecule has 1 heterocycles. The van der Waals surface area contributed by atoms with Gasteiger partial charge in [0.2, 0.25) is 0 Å². The zero-order chi connectivity index (χ0) is 14.4. The Kier molecular flexibility index (Phi) is 5.76. The van der Waals surface area contributed by atoms with E-state index in [1.807, 2.05) is 24.3 Å². The van der Waals surface area contributed by atoms with Gasteiger partial charge in [0.05, 0.1) is 19.3 Å². The molecular weight excluding hydrogens is 272 g/mol. The van der Waals surface area contributed by atoms with Gasteiger partial charge in [-0.15, -0.1) is 0 Å². The summed E-state index contributed by atoms with van der Waals surface area (Å²) in [6, 6.07) is 7.62. The van der Waals surface area contributed by atoms with E-state index in [9.17, 15) is 0 Å². The Hall–Kier alpha value is -1.17. The third-order valence-electron chi connectivity index (χ3n) is 3.33. The van der Waals surface area contributed by atoms with Gasteiger partial charge in [0.15, 0.2) is 0 Å². The van der Waals surface area contributed by atoms with Gasteiger partial charge in [-0.3, -0.25) is 4.90 Å². The highest BCUT2D eigenvalue weighted by Crippen LogP contribution is 2.13. The highest BCUT2D eigenvalue weighted by molar-refractivity contribution is 7.80. The van der Waals surface area contributed by atoms with Crippen molar-refractivity contribution in [3.63, 3.8) is 0 Å². The van der Waals surface area contributed by atoms with Crippen molar-refractivity contribution in [2.75, 3.05) is 32.8 Å². The third kappa shape index (κ3) is 4.74. The fourth-order valence-corrected chi connectivity index (χ4v) is 2.44. The van der Waals surface area contributed by atoms with Crippen LogP contribution in [0.3, 0.4) is 0 Å². The zero-order valence-corrected chi connectivity index (χ0v) is 12.7. The van der Waals surface area contributed by atoms with Gasteiger partial charge >= 0.3 is 0 Å². The van der Waals surface area contributed by atoms with Crippen molar-refractivity contribution in [3.8, 4) is 5.75 Å². The maximum absolute atomic E-state index is 5.74. The van der Waals surface area contributed by atoms with Crippen molar-refractivity contribution in [1.29, 1.82) is 0 Å². The number of rotatable bonds is 6. The quantitative estimate of drug-likeness (QED) is 0.640. The third-order valence-corrected chi connectivity index (χ3v) is 3.57. The van der Waals surface area contributed by atoms with Crippen molar-refractivity contribution >= 4 is 17.2 Å². The van der Waals surface area contributed by atoms with E-state index in [1.54, 1.807) is 0 Å². The van der Waals surface area contributed by atoms with Crippen LogP contribution in [-0.2, 0) is 4.74 Å². The molecule has 0 saturated carbocycles. The number of ether oxygens (including phenoxy) is 2. The molecule has 0 aromatic heterocycles. The number of benzene rings is 1. The minimum atomic E-state index is 0.340. The molecule has 5 heteroatoms. The van der Waals surface area contributed by atoms with E-state index in [1.165, 1.54) is 0 Å². The molecule has 20 heavy (non-hydrogen) atoms. The van der Waals surface area contributed by atoms with E-state index in [0.29, 0.717) is 17.7 Å². The first kappa shape index (κ1) is 15.2. The second kappa shape index (κ2) is 7.57. The fourth-order valence-electron chi connectivity index (χ4n) is 2.31. The molecule has 1 aliphatic heterocycles. The summed E-state index contributed by atoms with van der Waals surface area (Å²) in [6.07, 6.45) is 1.34. The lowest BCUT2D eigenvalue weighted by atomic mass is 10.2. The lowest BCUT2D eigenvalue weighted by molar-refractivity contribution is -0.0193. The standard InChI is InChI=1S/C15H22N2O2S/c1-12-11-17(7-9-18-12)6-3-8-19-14-5-2-4-13(10-14)15(16)20/h2,4-5,10,12H,3,6-9,11H2,1H3,(H2,16,20). The summed E-state index contributed by atoms with van der Waals surface area (Å²) in [4.78, 5) is 2.82. The van der Waals surface area contributed by atoms with Crippen LogP contribution in [0, 0.1) is 0 Å². The number of thiocarbonyl (C=S) groups is 1. The Morgan fingerprint density at radius 2 is 2.40 bits per heavy atom. The van der Waals surface area contributed by atoms with Crippen LogP contribution in [0.5, 0.6) is 5.75 Å². The van der Waals surface area contributed by atoms with Gasteiger partial charge in [0, 0.05) is 25.2 Å². The predicted molar refractivity (Wildman–Crippen MR) is 84.3 cm³/mol. The molecule has 0 bridgehead atoms. The molecule has 1 aliphatic rings. The lowest BCUT2D eigenvalue weighted by Gasteiger charge is -2.30. The fraction of sp³-hybridized carbons (Fsp3) is 0.533. The maximum atomic E-state index is 5.74. The Labute approximate surface area is 125 Å². The number of hydrogen-bond acceptors (Lipinski definition) is 4. The monoisotopic (exact) mass is 294 g/mol. The minimum absolute atomic E-state index is 0.340. The molecule has 0 radical (unpaired) electrons. The molecule has 1 aromatic rings. The molecule has 2 N–H and O–H groups in total. The number of hydrogen-bond donors (Lipinski definition) is 1. The molecule has 0 amide bonds. The van der Waals surface area contributed by atoms with E-state index in [-0.39, 0.29) is 0 Å². The van der Waals surface area contributed by atoms with Crippen molar-refractivity contribution in [2.24, 2.45) is 5.73 Å². The highest BCUT2D eigenvalue weighted by Gasteiger charge is 2.15. The summed E-state index contributed by atoms with van der Waals surface area (Å²) in [6.45, 7) is 6.72. The molecule has 0 aliphatic carbocycles. The van der Waals surface area contributed by atoms with Gasteiger partial charge < -0.3 is 15.2 Å². The summed E-state index contributed by atoms with van der Waals surface area (Å²) < 4.78 is 11.3. The average Bonchev–Trinajstić information content (AvgIpc) is 2.44. The summed E-state index contributed by atoms with van der Waals surface area (Å²) in [5, 5.41) is 0. The Bertz CT molecular complexity index is 453. The number of morpholine rings is 1. The second-order valence-corrected chi connectivity index (χ2v) is 5.52. The van der Waals surface area contributed by atoms with Crippen LogP contribution in [0.4, 0.5) is 0 Å². The van der Waals surface area contributed by atoms with Crippen LogP contribution in [0.25, 0.3) is 0 Å². The smallest absolute Gasteiger partial charge is 0.119 e. The largest absolute Gasteiger partial charge is 0.494 e. The van der Waals surface area contributed by atoms with E-state index in [0.717, 1.165) is 44.0 Å². The molecule has 4 nitrogen and oxygen atoms in total. The SMILES string of the molecule is CC1CN(CCCOc2cccc(C(N)=S)c2)CCO1. The van der Waals surface area contributed by atoms with E-state index in [2.05, 4.69) is 11.8 Å². The molecule has 1 saturated heterocycles. The number of nitrogens with two attached hydrogens (primary N) is 1. The van der Waals surface area contributed by atoms with E-state index in [4.69, 9.17) is 27.4 Å². The first-order valence-electron chi connectivity index (χ1n) is 7.02. The molecule has 1 unspecified atom stereocenters. The molecule has 1 aromatic carbocycles. The summed E-state index contributed by atoms with van der Waals surface area (Å²) >= 11 is 4.96. The molecule has 2 rings (SSSR count). The Morgan fingerprint density at radius 3 is 3.15 bits per heavy atom. The van der Waals surface area contributed by atoms with E-state index >= 15 is 0 Å². The van der Waals surface area contributed by atoms with Crippen LogP contribution in [0.1, 0.15) is 18.9 Å². The van der Waals surface area contributed by atoms with Gasteiger partial charge in [-0.1, -0.05) is 24.4 Å². The summed E-state index contributed by atoms with van der Waals surface area (Å²) in [5.74, 6) is 0.825. The summed E-state index contributed by atoms with van der Waals surface area (Å²) in [5.41, 5.74) is 6.45. The average molecular weight is 294 g/mol. The molecule has 1 fully saturated rings. The molecule has 0 spiro atoms. The van der Waals surface area contributed by atoms with Crippen LogP contribution in [-0.4, -0.2) is 48.8 Å². The van der Waals surface area contributed by atoms with Crippen molar-refractivity contribution in [1.82, 2.24) is 4.90 Å². The second-order valence-electron chi connectivity index (χ2n) is 5.08. The van der Waals surface area contributed by atoms with Gasteiger partial charge in [0.1, 0.15) is 10.7 Å². The van der Waals surface area contributed by atoms with Crippen LogP contribution in [0.15, 0.2) is 24.3 Å². The van der Waals surface area contributed by atoms with Gasteiger partial charge in [-0.25, -0.2) is 0 Å². The predicted octanol–water partition coefficient (Wildman–Crippen LogP) is 1.81. The minimum Gasteiger partial charge on any atom is -0.494 e. The highest BCUT2D eigenvalue weighted by atomic mass is 32.1. The van der Waals surface area contributed by atoms with E-state index < -0.39 is 0 Å². The maximum Gasteiger partial charge on any atom is 0.119 e. The summed E-state index contributed by atoms with van der Waals surface area (Å²) in [7, 11) is 0. The topological polar surface area (TPSA) is 47.7 Å². The van der Waals surface area contributed by atoms with Gasteiger partial charge in [-0.05, 0) is 25.5 Å². The number of nitrogens with zero attached hydrogens (tertiary/aromatic N) is 1. The van der Waals surface area contributed by atoms with Crippen LogP contribution in [0.2, 0.25) is 0 Å². The molecular formula is C15H22N2O2S. The molecule has 110 valence electrons. The van der Waals surface area contributed by atoms with Crippen molar-refractivity contribution in [3.05, 3.63) is 29.8 Å². The molecule has 1 atom stereocenters. The van der Waals surface area contributed by atoms with Gasteiger partial charge in [-0.2, -0.15) is 0 Å². The van der Waals surface area contributed by atoms with Crippen LogP contribution >= 0.6 is 12.2 Å². The van der Waals surface area contributed by atoms with Crippen molar-refractivity contribution < 1.29 is 9.47 Å². The Morgan fingerprint density at radius 1 is 1.55 bits per heavy atom. The normalized spacial score (nSPS) is 19.8. The Balaban J connectivity index is 1.70.